The second-order valence-electron chi connectivity index (χ2n) is 4.18. The van der Waals surface area contributed by atoms with Crippen molar-refractivity contribution in [3.8, 4) is 0 Å². The van der Waals surface area contributed by atoms with Gasteiger partial charge in [-0.3, -0.25) is 4.57 Å². The van der Waals surface area contributed by atoms with E-state index in [9.17, 15) is 4.57 Å². The molecule has 2 aliphatic rings. The van der Waals surface area contributed by atoms with Gasteiger partial charge in [-0.15, -0.1) is 0 Å². The molecule has 94 valence electrons. The van der Waals surface area contributed by atoms with E-state index in [0.29, 0.717) is 13.0 Å². The van der Waals surface area contributed by atoms with Gasteiger partial charge in [-0.1, -0.05) is 0 Å². The quantitative estimate of drug-likeness (QED) is 0.537. The summed E-state index contributed by atoms with van der Waals surface area (Å²) in [6.07, 6.45) is 0.945. The minimum Gasteiger partial charge on any atom is -0.375 e. The molecule has 2 rings (SSSR count). The van der Waals surface area contributed by atoms with Gasteiger partial charge in [0.15, 0.2) is 0 Å². The van der Waals surface area contributed by atoms with E-state index in [0.717, 1.165) is 5.82 Å². The molecule has 2 N–H and O–H groups in total. The van der Waals surface area contributed by atoms with Gasteiger partial charge in [0.25, 0.3) is 0 Å². The maximum absolute atomic E-state index is 10.9. The summed E-state index contributed by atoms with van der Waals surface area (Å²) in [5.74, 6) is 0.833. The first-order valence-corrected chi connectivity index (χ1v) is 6.89. The molecule has 0 spiro atoms. The molecular formula is C9H14BO6P. The van der Waals surface area contributed by atoms with Crippen molar-refractivity contribution >= 4 is 15.4 Å². The maximum Gasteiger partial charge on any atom is 0.348 e. The zero-order valence-electron chi connectivity index (χ0n) is 9.35. The van der Waals surface area contributed by atoms with Crippen LogP contribution in [0.5, 0.6) is 0 Å². The van der Waals surface area contributed by atoms with Crippen molar-refractivity contribution < 1.29 is 28.6 Å². The second-order valence-corrected chi connectivity index (χ2v) is 5.66. The van der Waals surface area contributed by atoms with Crippen molar-refractivity contribution in [2.45, 2.75) is 30.2 Å². The standard InChI is InChI=1S/C9H14BO6P/c1-14-7-6-8(10)16-9(7,2-4-15-6)3-5-17(11,12)13/h3,5-8H,2,4H2,1H3,(H2,11,12,13)/b5-3+/t6?,7-,8-,9-/m1/s1. The molecular weight excluding hydrogens is 246 g/mol. The van der Waals surface area contributed by atoms with Crippen molar-refractivity contribution in [2.75, 3.05) is 13.7 Å². The topological polar surface area (TPSA) is 85.2 Å². The minimum absolute atomic E-state index is 0.407. The molecule has 1 unspecified atom stereocenters. The molecule has 2 saturated heterocycles. The van der Waals surface area contributed by atoms with Gasteiger partial charge in [0.05, 0.1) is 6.61 Å². The molecule has 0 amide bonds. The van der Waals surface area contributed by atoms with Crippen LogP contribution < -0.4 is 0 Å². The zero-order chi connectivity index (χ0) is 12.7. The first kappa shape index (κ1) is 13.3. The highest BCUT2D eigenvalue weighted by Gasteiger charge is 2.55. The molecule has 2 fully saturated rings. The van der Waals surface area contributed by atoms with E-state index in [2.05, 4.69) is 0 Å². The third-order valence-corrected chi connectivity index (χ3v) is 3.60. The van der Waals surface area contributed by atoms with Gasteiger partial charge in [0.2, 0.25) is 0 Å². The Morgan fingerprint density at radius 1 is 1.59 bits per heavy atom. The molecule has 2 heterocycles. The lowest BCUT2D eigenvalue weighted by atomic mass is 9.85. The first-order valence-electron chi connectivity index (χ1n) is 5.21. The lowest BCUT2D eigenvalue weighted by Gasteiger charge is -2.36. The second kappa shape index (κ2) is 4.50. The highest BCUT2D eigenvalue weighted by molar-refractivity contribution is 7.55. The lowest BCUT2D eigenvalue weighted by Crippen LogP contribution is -2.49. The van der Waals surface area contributed by atoms with E-state index in [1.807, 2.05) is 0 Å². The summed E-state index contributed by atoms with van der Waals surface area (Å²) in [4.78, 5) is 17.7. The molecule has 0 saturated carbocycles. The highest BCUT2D eigenvalue weighted by atomic mass is 31.2. The van der Waals surface area contributed by atoms with Gasteiger partial charge in [-0.05, 0) is 6.08 Å². The SMILES string of the molecule is [B][C@@H]1O[C@@]2(/C=C/P(=O)(O)O)CCOC1[C@H]2OC. The number of hydrogen-bond donors (Lipinski definition) is 2. The van der Waals surface area contributed by atoms with Crippen LogP contribution in [0, 0.1) is 0 Å². The smallest absolute Gasteiger partial charge is 0.348 e. The Bertz CT molecular complexity index is 368. The number of hydrogen-bond acceptors (Lipinski definition) is 4. The van der Waals surface area contributed by atoms with Crippen molar-refractivity contribution in [1.29, 1.82) is 0 Å². The molecule has 0 aromatic heterocycles. The maximum atomic E-state index is 10.9. The normalized spacial score (nSPS) is 42.2. The van der Waals surface area contributed by atoms with Crippen LogP contribution in [-0.4, -0.2) is 55.2 Å². The molecule has 2 radical (unpaired) electrons. The summed E-state index contributed by atoms with van der Waals surface area (Å²) < 4.78 is 27.2. The van der Waals surface area contributed by atoms with Crippen LogP contribution in [0.25, 0.3) is 0 Å². The van der Waals surface area contributed by atoms with Crippen molar-refractivity contribution in [2.24, 2.45) is 0 Å². The fourth-order valence-corrected chi connectivity index (χ4v) is 2.80. The average molecular weight is 260 g/mol. The summed E-state index contributed by atoms with van der Waals surface area (Å²) in [6, 6.07) is -0.649. The molecule has 6 nitrogen and oxygen atoms in total. The zero-order valence-corrected chi connectivity index (χ0v) is 10.2. The third kappa shape index (κ3) is 2.50. The first-order chi connectivity index (χ1) is 7.88. The Morgan fingerprint density at radius 2 is 2.29 bits per heavy atom. The van der Waals surface area contributed by atoms with Crippen molar-refractivity contribution in [3.63, 3.8) is 0 Å². The number of methoxy groups -OCH3 is 1. The number of ether oxygens (including phenoxy) is 3. The van der Waals surface area contributed by atoms with Crippen molar-refractivity contribution in [1.82, 2.24) is 0 Å². The summed E-state index contributed by atoms with van der Waals surface area (Å²) in [7, 11) is 3.03. The van der Waals surface area contributed by atoms with E-state index in [-0.39, 0.29) is 0 Å². The van der Waals surface area contributed by atoms with Crippen LogP contribution in [0.3, 0.4) is 0 Å². The van der Waals surface area contributed by atoms with Gasteiger partial charge in [-0.2, -0.15) is 0 Å². The Morgan fingerprint density at radius 3 is 2.88 bits per heavy atom. The average Bonchev–Trinajstić information content (AvgIpc) is 2.38. The Labute approximate surface area is 101 Å². The van der Waals surface area contributed by atoms with Crippen LogP contribution in [0.4, 0.5) is 0 Å². The summed E-state index contributed by atoms with van der Waals surface area (Å²) in [5.41, 5.74) is -0.905. The molecule has 17 heavy (non-hydrogen) atoms. The largest absolute Gasteiger partial charge is 0.375 e. The number of rotatable bonds is 3. The molecule has 8 heteroatoms. The van der Waals surface area contributed by atoms with Gasteiger partial charge < -0.3 is 24.0 Å². The summed E-state index contributed by atoms with van der Waals surface area (Å²) in [5, 5.41) is 0. The molecule has 0 aliphatic carbocycles. The summed E-state index contributed by atoms with van der Waals surface area (Å²) >= 11 is 0. The van der Waals surface area contributed by atoms with Crippen LogP contribution in [0.15, 0.2) is 11.9 Å². The van der Waals surface area contributed by atoms with Gasteiger partial charge >= 0.3 is 7.60 Å². The molecule has 0 aromatic rings. The van der Waals surface area contributed by atoms with Crippen LogP contribution in [0.1, 0.15) is 6.42 Å². The predicted octanol–water partition coefficient (Wildman–Crippen LogP) is -0.255. The van der Waals surface area contributed by atoms with E-state index < -0.39 is 31.4 Å². The highest BCUT2D eigenvalue weighted by Crippen LogP contribution is 2.44. The van der Waals surface area contributed by atoms with Crippen molar-refractivity contribution in [3.05, 3.63) is 11.9 Å². The van der Waals surface area contributed by atoms with Crippen LogP contribution in [-0.2, 0) is 18.8 Å². The fraction of sp³-hybridized carbons (Fsp3) is 0.778. The predicted molar refractivity (Wildman–Crippen MR) is 59.7 cm³/mol. The Hall–Kier alpha value is -0.165. The fourth-order valence-electron chi connectivity index (χ4n) is 2.35. The van der Waals surface area contributed by atoms with Gasteiger partial charge in [-0.25, -0.2) is 0 Å². The van der Waals surface area contributed by atoms with Gasteiger partial charge in [0.1, 0.15) is 25.7 Å². The van der Waals surface area contributed by atoms with Gasteiger partial charge in [0, 0.05) is 25.4 Å². The molecule has 0 aromatic carbocycles. The molecule has 4 atom stereocenters. The third-order valence-electron chi connectivity index (χ3n) is 3.07. The monoisotopic (exact) mass is 260 g/mol. The van der Waals surface area contributed by atoms with Crippen LogP contribution in [0.2, 0.25) is 0 Å². The van der Waals surface area contributed by atoms with Crippen LogP contribution >= 0.6 is 7.60 Å². The Kier molecular flexibility index (Phi) is 3.51. The summed E-state index contributed by atoms with van der Waals surface area (Å²) in [6.45, 7) is 0.420. The Balaban J connectivity index is 2.28. The van der Waals surface area contributed by atoms with E-state index in [1.54, 1.807) is 0 Å². The number of fused-ring (bicyclic) bond motifs is 2. The lowest BCUT2D eigenvalue weighted by molar-refractivity contribution is -0.110. The molecule has 2 aliphatic heterocycles. The minimum atomic E-state index is -4.22. The van der Waals surface area contributed by atoms with E-state index in [1.165, 1.54) is 13.2 Å². The van der Waals surface area contributed by atoms with E-state index in [4.69, 9.17) is 31.8 Å². The van der Waals surface area contributed by atoms with E-state index >= 15 is 0 Å². The molecule has 2 bridgehead atoms.